The molecule has 0 aliphatic heterocycles. The van der Waals surface area contributed by atoms with Gasteiger partial charge in [-0.2, -0.15) is 5.10 Å². The Balaban J connectivity index is 0.00000320. The maximum Gasteiger partial charge on any atom is 0.191 e. The fraction of sp³-hybridized carbons (Fsp3) is 0.286. The number of hydrogen-bond acceptors (Lipinski definition) is 4. The normalized spacial score (nSPS) is 12.0. The van der Waals surface area contributed by atoms with Crippen LogP contribution < -0.4 is 15.4 Å². The van der Waals surface area contributed by atoms with Crippen LogP contribution in [0, 0.1) is 5.82 Å². The molecule has 1 heterocycles. The molecule has 0 radical (unpaired) electrons. The van der Waals surface area contributed by atoms with Crippen LogP contribution in [0.2, 0.25) is 0 Å². The Hall–Kier alpha value is -2.69. The number of aromatic amines is 1. The van der Waals surface area contributed by atoms with Gasteiger partial charge in [-0.3, -0.25) is 5.10 Å². The maximum atomic E-state index is 13.3. The highest BCUT2D eigenvalue weighted by Gasteiger charge is 2.07. The van der Waals surface area contributed by atoms with E-state index in [1.165, 1.54) is 18.5 Å². The Morgan fingerprint density at radius 3 is 2.77 bits per heavy atom. The van der Waals surface area contributed by atoms with Crippen molar-refractivity contribution in [1.29, 1.82) is 0 Å². The summed E-state index contributed by atoms with van der Waals surface area (Å²) in [6.07, 6.45) is 1.33. The van der Waals surface area contributed by atoms with Gasteiger partial charge in [0.15, 0.2) is 11.8 Å². The van der Waals surface area contributed by atoms with E-state index in [2.05, 4.69) is 30.8 Å². The quantitative estimate of drug-likeness (QED) is 0.238. The standard InChI is InChI=1S/C21H25FN6O.HI/c1-3-23-21(24-12-15(2)29-19-9-5-8-18(22)11-19)25-13-16-6-4-7-17(10-16)20-26-14-27-28-20;/h4-11,14-15H,3,12-13H2,1-2H3,(H2,23,24,25)(H,26,27,28);1H. The monoisotopic (exact) mass is 524 g/mol. The van der Waals surface area contributed by atoms with E-state index in [1.54, 1.807) is 12.1 Å². The maximum absolute atomic E-state index is 13.3. The molecule has 3 N–H and O–H groups in total. The molecule has 0 fully saturated rings. The van der Waals surface area contributed by atoms with Crippen LogP contribution >= 0.6 is 24.0 Å². The fourth-order valence-corrected chi connectivity index (χ4v) is 2.73. The van der Waals surface area contributed by atoms with Crippen molar-refractivity contribution in [3.63, 3.8) is 0 Å². The summed E-state index contributed by atoms with van der Waals surface area (Å²) in [7, 11) is 0. The lowest BCUT2D eigenvalue weighted by atomic mass is 10.1. The Morgan fingerprint density at radius 2 is 2.03 bits per heavy atom. The molecule has 0 spiro atoms. The first kappa shape index (κ1) is 23.6. The topological polar surface area (TPSA) is 87.2 Å². The van der Waals surface area contributed by atoms with Crippen molar-refractivity contribution in [3.05, 3.63) is 66.2 Å². The van der Waals surface area contributed by atoms with Gasteiger partial charge >= 0.3 is 0 Å². The molecule has 3 aromatic rings. The molecule has 2 aromatic carbocycles. The largest absolute Gasteiger partial charge is 0.489 e. The molecule has 0 aliphatic carbocycles. The van der Waals surface area contributed by atoms with E-state index in [9.17, 15) is 4.39 Å². The second kappa shape index (κ2) is 12.1. The molecular formula is C21H26FIN6O. The zero-order chi connectivity index (χ0) is 20.5. The van der Waals surface area contributed by atoms with E-state index >= 15 is 0 Å². The second-order valence-electron chi connectivity index (χ2n) is 6.50. The number of ether oxygens (including phenoxy) is 1. The van der Waals surface area contributed by atoms with Gasteiger partial charge in [-0.05, 0) is 37.6 Å². The van der Waals surface area contributed by atoms with Gasteiger partial charge in [0, 0.05) is 18.2 Å². The van der Waals surface area contributed by atoms with Gasteiger partial charge in [-0.25, -0.2) is 14.4 Å². The Labute approximate surface area is 192 Å². The summed E-state index contributed by atoms with van der Waals surface area (Å²) < 4.78 is 19.0. The minimum atomic E-state index is -0.315. The van der Waals surface area contributed by atoms with Crippen LogP contribution in [0.15, 0.2) is 59.9 Å². The number of aromatic nitrogens is 3. The second-order valence-corrected chi connectivity index (χ2v) is 6.50. The van der Waals surface area contributed by atoms with Gasteiger partial charge in [0.2, 0.25) is 0 Å². The van der Waals surface area contributed by atoms with E-state index in [1.807, 2.05) is 38.1 Å². The molecule has 1 aromatic heterocycles. The van der Waals surface area contributed by atoms with Crippen molar-refractivity contribution in [3.8, 4) is 17.1 Å². The van der Waals surface area contributed by atoms with Crippen molar-refractivity contribution < 1.29 is 9.13 Å². The van der Waals surface area contributed by atoms with Crippen molar-refractivity contribution >= 4 is 29.9 Å². The molecule has 0 saturated heterocycles. The van der Waals surface area contributed by atoms with Crippen LogP contribution in [0.1, 0.15) is 19.4 Å². The Bertz CT molecular complexity index is 935. The Kier molecular flexibility index (Phi) is 9.52. The summed E-state index contributed by atoms with van der Waals surface area (Å²) in [6, 6.07) is 14.1. The molecular weight excluding hydrogens is 498 g/mol. The summed E-state index contributed by atoms with van der Waals surface area (Å²) in [5, 5.41) is 13.2. The number of aliphatic imine (C=N–C) groups is 1. The first-order chi connectivity index (χ1) is 14.1. The number of benzene rings is 2. The van der Waals surface area contributed by atoms with Crippen molar-refractivity contribution in [2.75, 3.05) is 13.1 Å². The zero-order valence-corrected chi connectivity index (χ0v) is 19.3. The third kappa shape index (κ3) is 7.29. The van der Waals surface area contributed by atoms with Gasteiger partial charge in [0.25, 0.3) is 0 Å². The molecule has 7 nitrogen and oxygen atoms in total. The smallest absolute Gasteiger partial charge is 0.191 e. The first-order valence-electron chi connectivity index (χ1n) is 9.53. The first-order valence-corrected chi connectivity index (χ1v) is 9.53. The molecule has 1 unspecified atom stereocenters. The van der Waals surface area contributed by atoms with Crippen LogP contribution in [0.25, 0.3) is 11.4 Å². The molecule has 0 aliphatic rings. The third-order valence-electron chi connectivity index (χ3n) is 4.07. The van der Waals surface area contributed by atoms with Crippen LogP contribution in [-0.2, 0) is 6.54 Å². The highest BCUT2D eigenvalue weighted by Crippen LogP contribution is 2.16. The molecule has 3 rings (SSSR count). The number of guanidine groups is 1. The van der Waals surface area contributed by atoms with Gasteiger partial charge in [-0.15, -0.1) is 24.0 Å². The number of nitrogens with one attached hydrogen (secondary N) is 3. The van der Waals surface area contributed by atoms with E-state index in [-0.39, 0.29) is 35.9 Å². The number of halogens is 2. The number of rotatable bonds is 8. The molecule has 160 valence electrons. The number of hydrogen-bond donors (Lipinski definition) is 3. The summed E-state index contributed by atoms with van der Waals surface area (Å²) in [5.74, 6) is 1.60. The van der Waals surface area contributed by atoms with Crippen LogP contribution in [0.5, 0.6) is 5.75 Å². The minimum Gasteiger partial charge on any atom is -0.489 e. The van der Waals surface area contributed by atoms with Crippen LogP contribution in [0.4, 0.5) is 4.39 Å². The molecule has 30 heavy (non-hydrogen) atoms. The Morgan fingerprint density at radius 1 is 1.20 bits per heavy atom. The molecule has 0 bridgehead atoms. The SMILES string of the molecule is CCNC(=NCc1cccc(-c2ncn[nH]2)c1)NCC(C)Oc1cccc(F)c1.I. The van der Waals surface area contributed by atoms with Gasteiger partial charge in [0.1, 0.15) is 24.0 Å². The predicted octanol–water partition coefficient (Wildman–Crippen LogP) is 3.75. The van der Waals surface area contributed by atoms with E-state index in [0.717, 1.165) is 23.5 Å². The summed E-state index contributed by atoms with van der Waals surface area (Å²) >= 11 is 0. The van der Waals surface area contributed by atoms with E-state index in [0.29, 0.717) is 24.8 Å². The number of nitrogens with zero attached hydrogens (tertiary/aromatic N) is 3. The summed E-state index contributed by atoms with van der Waals surface area (Å²) in [5.41, 5.74) is 2.02. The average molecular weight is 524 g/mol. The van der Waals surface area contributed by atoms with E-state index in [4.69, 9.17) is 4.74 Å². The molecule has 0 amide bonds. The average Bonchev–Trinajstić information content (AvgIpc) is 3.25. The summed E-state index contributed by atoms with van der Waals surface area (Å²) in [4.78, 5) is 8.81. The van der Waals surface area contributed by atoms with Crippen molar-refractivity contribution in [2.24, 2.45) is 4.99 Å². The molecule has 0 saturated carbocycles. The zero-order valence-electron chi connectivity index (χ0n) is 16.9. The van der Waals surface area contributed by atoms with E-state index < -0.39 is 0 Å². The fourth-order valence-electron chi connectivity index (χ4n) is 2.73. The van der Waals surface area contributed by atoms with Crippen molar-refractivity contribution in [1.82, 2.24) is 25.8 Å². The van der Waals surface area contributed by atoms with Crippen LogP contribution in [0.3, 0.4) is 0 Å². The lowest BCUT2D eigenvalue weighted by Crippen LogP contribution is -2.41. The van der Waals surface area contributed by atoms with Gasteiger partial charge in [0.05, 0.1) is 13.1 Å². The highest BCUT2D eigenvalue weighted by atomic mass is 127. The summed E-state index contributed by atoms with van der Waals surface area (Å²) in [6.45, 7) is 5.71. The highest BCUT2D eigenvalue weighted by molar-refractivity contribution is 14.0. The number of H-pyrrole nitrogens is 1. The lowest BCUT2D eigenvalue weighted by Gasteiger charge is -2.17. The lowest BCUT2D eigenvalue weighted by molar-refractivity contribution is 0.223. The molecule has 9 heteroatoms. The molecule has 1 atom stereocenters. The van der Waals surface area contributed by atoms with Gasteiger partial charge in [-0.1, -0.05) is 24.3 Å². The van der Waals surface area contributed by atoms with Crippen molar-refractivity contribution in [2.45, 2.75) is 26.5 Å². The minimum absolute atomic E-state index is 0. The van der Waals surface area contributed by atoms with Gasteiger partial charge < -0.3 is 15.4 Å². The predicted molar refractivity (Wildman–Crippen MR) is 127 cm³/mol. The third-order valence-corrected chi connectivity index (χ3v) is 4.07. The van der Waals surface area contributed by atoms with Crippen LogP contribution in [-0.4, -0.2) is 40.3 Å².